The molecule has 1 heterocycles. The molecule has 90 valence electrons. The van der Waals surface area contributed by atoms with Gasteiger partial charge in [0.1, 0.15) is 0 Å². The smallest absolute Gasteiger partial charge is 0.0624 e. The van der Waals surface area contributed by atoms with Gasteiger partial charge < -0.3 is 10.1 Å². The maximum Gasteiger partial charge on any atom is 0.0624 e. The number of rotatable bonds is 8. The first kappa shape index (κ1) is 13.5. The van der Waals surface area contributed by atoms with Crippen LogP contribution in [-0.4, -0.2) is 37.0 Å². The standard InChI is InChI=1S/C12H20N2OS/c1-3-6-14-11(9-15-2)10-16-12-4-7-13-8-5-12/h4-5,7-8,11,14H,3,6,9-10H2,1-2H3. The van der Waals surface area contributed by atoms with Crippen LogP contribution in [-0.2, 0) is 4.74 Å². The van der Waals surface area contributed by atoms with Gasteiger partial charge in [0.05, 0.1) is 6.61 Å². The molecule has 0 spiro atoms. The highest BCUT2D eigenvalue weighted by molar-refractivity contribution is 7.99. The summed E-state index contributed by atoms with van der Waals surface area (Å²) < 4.78 is 5.20. The highest BCUT2D eigenvalue weighted by Crippen LogP contribution is 2.17. The Morgan fingerprint density at radius 1 is 1.44 bits per heavy atom. The lowest BCUT2D eigenvalue weighted by Gasteiger charge is -2.16. The topological polar surface area (TPSA) is 34.1 Å². The van der Waals surface area contributed by atoms with Crippen LogP contribution in [0.25, 0.3) is 0 Å². The lowest BCUT2D eigenvalue weighted by atomic mass is 10.3. The number of hydrogen-bond acceptors (Lipinski definition) is 4. The summed E-state index contributed by atoms with van der Waals surface area (Å²) in [5.41, 5.74) is 0. The van der Waals surface area contributed by atoms with E-state index in [4.69, 9.17) is 4.74 Å². The second-order valence-electron chi connectivity index (χ2n) is 3.60. The molecule has 0 aromatic carbocycles. The van der Waals surface area contributed by atoms with E-state index in [0.717, 1.165) is 25.3 Å². The minimum absolute atomic E-state index is 0.420. The third-order valence-electron chi connectivity index (χ3n) is 2.15. The number of aromatic nitrogens is 1. The van der Waals surface area contributed by atoms with Crippen molar-refractivity contribution in [3.63, 3.8) is 0 Å². The van der Waals surface area contributed by atoms with Gasteiger partial charge in [0.2, 0.25) is 0 Å². The summed E-state index contributed by atoms with van der Waals surface area (Å²) in [5, 5.41) is 3.48. The van der Waals surface area contributed by atoms with E-state index in [9.17, 15) is 0 Å². The molecular weight excluding hydrogens is 220 g/mol. The second kappa shape index (κ2) is 8.56. The van der Waals surface area contributed by atoms with Gasteiger partial charge in [0, 0.05) is 36.2 Å². The molecule has 1 unspecified atom stereocenters. The Balaban J connectivity index is 2.31. The van der Waals surface area contributed by atoms with E-state index >= 15 is 0 Å². The van der Waals surface area contributed by atoms with E-state index in [-0.39, 0.29) is 0 Å². The molecule has 0 saturated carbocycles. The third kappa shape index (κ3) is 5.49. The van der Waals surface area contributed by atoms with Gasteiger partial charge in [-0.25, -0.2) is 0 Å². The normalized spacial score (nSPS) is 12.6. The van der Waals surface area contributed by atoms with Crippen molar-refractivity contribution in [3.8, 4) is 0 Å². The van der Waals surface area contributed by atoms with E-state index in [1.807, 2.05) is 36.3 Å². The van der Waals surface area contributed by atoms with E-state index < -0.39 is 0 Å². The van der Waals surface area contributed by atoms with Gasteiger partial charge in [-0.15, -0.1) is 11.8 Å². The van der Waals surface area contributed by atoms with Crippen LogP contribution in [0.1, 0.15) is 13.3 Å². The Kier molecular flexibility index (Phi) is 7.21. The molecule has 0 bridgehead atoms. The number of pyridine rings is 1. The van der Waals surface area contributed by atoms with Crippen LogP contribution in [0.5, 0.6) is 0 Å². The van der Waals surface area contributed by atoms with Gasteiger partial charge in [-0.2, -0.15) is 0 Å². The summed E-state index contributed by atoms with van der Waals surface area (Å²) in [6, 6.07) is 4.49. The molecule has 0 amide bonds. The zero-order valence-electron chi connectivity index (χ0n) is 9.98. The average Bonchev–Trinajstić information content (AvgIpc) is 2.34. The molecule has 1 aromatic rings. The minimum atomic E-state index is 0.420. The van der Waals surface area contributed by atoms with Crippen LogP contribution < -0.4 is 5.32 Å². The molecular formula is C12H20N2OS. The van der Waals surface area contributed by atoms with Crippen molar-refractivity contribution in [1.82, 2.24) is 10.3 Å². The monoisotopic (exact) mass is 240 g/mol. The molecule has 3 nitrogen and oxygen atoms in total. The first-order valence-corrected chi connectivity index (χ1v) is 6.60. The summed E-state index contributed by atoms with van der Waals surface area (Å²) in [5.74, 6) is 1.03. The van der Waals surface area contributed by atoms with Gasteiger partial charge in [-0.1, -0.05) is 6.92 Å². The number of nitrogens with one attached hydrogen (secondary N) is 1. The van der Waals surface area contributed by atoms with Crippen LogP contribution in [0.2, 0.25) is 0 Å². The second-order valence-corrected chi connectivity index (χ2v) is 4.69. The molecule has 0 saturated heterocycles. The zero-order chi connectivity index (χ0) is 11.6. The molecule has 1 aromatic heterocycles. The maximum atomic E-state index is 5.20. The fraction of sp³-hybridized carbons (Fsp3) is 0.583. The summed E-state index contributed by atoms with van der Waals surface area (Å²) in [4.78, 5) is 5.26. The van der Waals surface area contributed by atoms with Gasteiger partial charge in [-0.3, -0.25) is 4.98 Å². The highest BCUT2D eigenvalue weighted by Gasteiger charge is 2.07. The average molecular weight is 240 g/mol. The molecule has 0 aliphatic heterocycles. The van der Waals surface area contributed by atoms with E-state index in [0.29, 0.717) is 6.04 Å². The summed E-state index contributed by atoms with van der Waals surface area (Å²) in [7, 11) is 1.75. The van der Waals surface area contributed by atoms with Gasteiger partial charge in [0.15, 0.2) is 0 Å². The first-order valence-electron chi connectivity index (χ1n) is 5.62. The Morgan fingerprint density at radius 2 is 2.19 bits per heavy atom. The summed E-state index contributed by atoms with van der Waals surface area (Å²) in [6.07, 6.45) is 4.81. The largest absolute Gasteiger partial charge is 0.383 e. The van der Waals surface area contributed by atoms with Gasteiger partial charge >= 0.3 is 0 Å². The van der Waals surface area contributed by atoms with E-state index in [1.54, 1.807) is 7.11 Å². The van der Waals surface area contributed by atoms with Crippen molar-refractivity contribution in [2.75, 3.05) is 26.0 Å². The van der Waals surface area contributed by atoms with Crippen molar-refractivity contribution in [2.45, 2.75) is 24.3 Å². The zero-order valence-corrected chi connectivity index (χ0v) is 10.8. The van der Waals surface area contributed by atoms with Crippen LogP contribution in [0, 0.1) is 0 Å². The predicted molar refractivity (Wildman–Crippen MR) is 68.9 cm³/mol. The molecule has 4 heteroatoms. The van der Waals surface area contributed by atoms with Gasteiger partial charge in [-0.05, 0) is 25.1 Å². The molecule has 1 N–H and O–H groups in total. The van der Waals surface area contributed by atoms with Crippen LogP contribution in [0.4, 0.5) is 0 Å². The van der Waals surface area contributed by atoms with Crippen molar-refractivity contribution in [1.29, 1.82) is 0 Å². The number of methoxy groups -OCH3 is 1. The van der Waals surface area contributed by atoms with Crippen LogP contribution in [0.15, 0.2) is 29.4 Å². The van der Waals surface area contributed by atoms with E-state index in [1.165, 1.54) is 4.90 Å². The SMILES string of the molecule is CCCNC(COC)CSc1ccncc1. The lowest BCUT2D eigenvalue weighted by Crippen LogP contribution is -2.35. The van der Waals surface area contributed by atoms with Gasteiger partial charge in [0.25, 0.3) is 0 Å². The Hall–Kier alpha value is -0.580. The summed E-state index contributed by atoms with van der Waals surface area (Å²) in [6.45, 7) is 3.98. The Morgan fingerprint density at radius 3 is 2.81 bits per heavy atom. The Bertz CT molecular complexity index is 269. The van der Waals surface area contributed by atoms with Crippen molar-refractivity contribution >= 4 is 11.8 Å². The predicted octanol–water partition coefficient (Wildman–Crippen LogP) is 2.19. The maximum absolute atomic E-state index is 5.20. The molecule has 0 aliphatic carbocycles. The quantitative estimate of drug-likeness (QED) is 0.706. The Labute approximate surface area is 102 Å². The summed E-state index contributed by atoms with van der Waals surface area (Å²) >= 11 is 1.84. The number of ether oxygens (including phenoxy) is 1. The fourth-order valence-corrected chi connectivity index (χ4v) is 2.27. The van der Waals surface area contributed by atoms with Crippen LogP contribution >= 0.6 is 11.8 Å². The minimum Gasteiger partial charge on any atom is -0.383 e. The number of hydrogen-bond donors (Lipinski definition) is 1. The highest BCUT2D eigenvalue weighted by atomic mass is 32.2. The van der Waals surface area contributed by atoms with Crippen LogP contribution in [0.3, 0.4) is 0 Å². The number of thioether (sulfide) groups is 1. The molecule has 1 rings (SSSR count). The number of nitrogens with zero attached hydrogens (tertiary/aromatic N) is 1. The molecule has 1 atom stereocenters. The molecule has 0 radical (unpaired) electrons. The van der Waals surface area contributed by atoms with Crippen molar-refractivity contribution in [2.24, 2.45) is 0 Å². The van der Waals surface area contributed by atoms with E-state index in [2.05, 4.69) is 17.2 Å². The first-order chi connectivity index (χ1) is 7.86. The molecule has 0 aliphatic rings. The lowest BCUT2D eigenvalue weighted by molar-refractivity contribution is 0.174. The van der Waals surface area contributed by atoms with Crippen molar-refractivity contribution < 1.29 is 4.74 Å². The fourth-order valence-electron chi connectivity index (χ4n) is 1.35. The molecule has 16 heavy (non-hydrogen) atoms. The van der Waals surface area contributed by atoms with Crippen molar-refractivity contribution in [3.05, 3.63) is 24.5 Å². The third-order valence-corrected chi connectivity index (χ3v) is 3.33. The molecule has 0 fully saturated rings.